The molecule has 0 bridgehead atoms. The van der Waals surface area contributed by atoms with Crippen LogP contribution >= 0.6 is 102 Å². The zero-order valence-electron chi connectivity index (χ0n) is 2.27. The second kappa shape index (κ2) is 3.05. The molecule has 0 amide bonds. The summed E-state index contributed by atoms with van der Waals surface area (Å²) < 4.78 is -1.41. The van der Waals surface area contributed by atoms with Gasteiger partial charge < -0.3 is 0 Å². The fourth-order valence-electron chi connectivity index (χ4n) is 0. The second-order valence-corrected chi connectivity index (χ2v) is 100. The van der Waals surface area contributed by atoms with Gasteiger partial charge in [0.15, 0.2) is 0 Å². The molecule has 0 heterocycles. The third kappa shape index (κ3) is 24.2. The Bertz CT molecular complexity index is 37.1. The molecule has 0 aliphatic carbocycles. The minimum absolute atomic E-state index is 1.41. The zero-order valence-corrected chi connectivity index (χ0v) is 14.2. The minimum atomic E-state index is -1.41. The first-order valence-corrected chi connectivity index (χ1v) is 19.8. The van der Waals surface area contributed by atoms with Gasteiger partial charge in [-0.25, -0.2) is 0 Å². The Morgan fingerprint density at radius 1 is 0.667 bits per heavy atom. The van der Waals surface area contributed by atoms with Crippen molar-refractivity contribution in [2.75, 3.05) is 0 Å². The third-order valence-corrected chi connectivity index (χ3v) is 0. The standard InChI is InChI=1S/5HI.Mn/h5*1H;/q;;;;;+5/p-5. The average Bonchev–Trinajstić information content (AvgIpc) is 0.650. The molecule has 0 saturated heterocycles. The molecule has 0 radical (unpaired) electrons. The summed E-state index contributed by atoms with van der Waals surface area (Å²) in [5.74, 6) is 0. The van der Waals surface area contributed by atoms with Crippen LogP contribution in [0.2, 0.25) is 0 Å². The number of hydrogen-bond acceptors (Lipinski definition) is 0. The summed E-state index contributed by atoms with van der Waals surface area (Å²) in [5.41, 5.74) is 0. The van der Waals surface area contributed by atoms with E-state index in [2.05, 4.69) is 102 Å². The molecule has 0 fully saturated rings. The van der Waals surface area contributed by atoms with Crippen molar-refractivity contribution in [3.05, 3.63) is 0 Å². The monoisotopic (exact) mass is 689 g/mol. The molecular weight excluding hydrogens is 689 g/mol. The molecule has 0 N–H and O–H groups in total. The summed E-state index contributed by atoms with van der Waals surface area (Å²) in [7, 11) is 0. The fourth-order valence-corrected chi connectivity index (χ4v) is 0. The molecule has 0 aliphatic heterocycles. The van der Waals surface area contributed by atoms with Gasteiger partial charge in [0.2, 0.25) is 0 Å². The molecule has 0 aromatic rings. The molecule has 0 aromatic heterocycles. The van der Waals surface area contributed by atoms with Crippen molar-refractivity contribution < 1.29 is -4.46 Å². The average molecular weight is 689 g/mol. The molecule has 0 aliphatic rings. The van der Waals surface area contributed by atoms with E-state index in [-0.39, 0.29) is 0 Å². The van der Waals surface area contributed by atoms with Gasteiger partial charge in [-0.05, 0) is 0 Å². The molecule has 0 spiro atoms. The van der Waals surface area contributed by atoms with Gasteiger partial charge in [0, 0.05) is 0 Å². The van der Waals surface area contributed by atoms with Crippen LogP contribution in [0, 0.1) is 0 Å². The molecule has 0 aromatic carbocycles. The Morgan fingerprint density at radius 2 is 0.667 bits per heavy atom. The summed E-state index contributed by atoms with van der Waals surface area (Å²) in [6.45, 7) is 0. The van der Waals surface area contributed by atoms with Crippen molar-refractivity contribution >= 4 is 102 Å². The van der Waals surface area contributed by atoms with Crippen molar-refractivity contribution in [2.45, 2.75) is 0 Å². The normalized spacial score (nSPS) is 19.2. The van der Waals surface area contributed by atoms with Crippen LogP contribution in [-0.4, -0.2) is 0 Å². The van der Waals surface area contributed by atoms with E-state index in [4.69, 9.17) is 0 Å². The van der Waals surface area contributed by atoms with Crippen LogP contribution in [0.4, 0.5) is 0 Å². The van der Waals surface area contributed by atoms with Crippen LogP contribution < -0.4 is 0 Å². The van der Waals surface area contributed by atoms with E-state index in [1.807, 2.05) is 0 Å². The van der Waals surface area contributed by atoms with E-state index >= 15 is 0 Å². The molecule has 0 nitrogen and oxygen atoms in total. The Labute approximate surface area is 94.0 Å². The second-order valence-electron chi connectivity index (χ2n) is 0.540. The van der Waals surface area contributed by atoms with Crippen molar-refractivity contribution in [3.63, 3.8) is 0 Å². The van der Waals surface area contributed by atoms with Gasteiger partial charge in [-0.1, -0.05) is 0 Å². The summed E-state index contributed by atoms with van der Waals surface area (Å²) in [6, 6.07) is 0. The first-order chi connectivity index (χ1) is 2.24. The van der Waals surface area contributed by atoms with Crippen LogP contribution in [0.5, 0.6) is 0 Å². The molecule has 42 valence electrons. The van der Waals surface area contributed by atoms with E-state index in [0.29, 0.717) is 0 Å². The number of hydrogen-bond donors (Lipinski definition) is 0. The molecule has 0 atom stereocenters. The van der Waals surface area contributed by atoms with Gasteiger partial charge in [-0.2, -0.15) is 0 Å². The van der Waals surface area contributed by atoms with Gasteiger partial charge in [0.05, 0.1) is 0 Å². The van der Waals surface area contributed by atoms with E-state index in [9.17, 15) is 0 Å². The molecule has 6 heavy (non-hydrogen) atoms. The Hall–Kier alpha value is 4.17. The zero-order chi connectivity index (χ0) is 5.45. The van der Waals surface area contributed by atoms with Crippen LogP contribution in [0.1, 0.15) is 0 Å². The van der Waals surface area contributed by atoms with Crippen LogP contribution in [0.15, 0.2) is 0 Å². The first kappa shape index (κ1) is 10.2. The maximum atomic E-state index is 2.51. The van der Waals surface area contributed by atoms with Gasteiger partial charge in [-0.15, -0.1) is 0 Å². The van der Waals surface area contributed by atoms with Gasteiger partial charge in [0.1, 0.15) is 0 Å². The Morgan fingerprint density at radius 3 is 0.667 bits per heavy atom. The molecule has 0 rings (SSSR count). The topological polar surface area (TPSA) is 0 Å². The SMILES string of the molecule is [I][Mn]([I])([I])([I])[I]. The van der Waals surface area contributed by atoms with Gasteiger partial charge in [0.25, 0.3) is 0 Å². The van der Waals surface area contributed by atoms with Crippen LogP contribution in [0.25, 0.3) is 0 Å². The predicted molar refractivity (Wildman–Crippen MR) is 70.1 cm³/mol. The Kier molecular flexibility index (Phi) is 5.17. The summed E-state index contributed by atoms with van der Waals surface area (Å²) in [5, 5.41) is 0. The molecule has 0 unspecified atom stereocenters. The van der Waals surface area contributed by atoms with Crippen molar-refractivity contribution in [2.24, 2.45) is 0 Å². The molecule has 0 saturated carbocycles. The van der Waals surface area contributed by atoms with E-state index in [1.165, 1.54) is 0 Å². The van der Waals surface area contributed by atoms with Crippen LogP contribution in [-0.2, 0) is -4.46 Å². The summed E-state index contributed by atoms with van der Waals surface area (Å²) in [4.78, 5) is 0. The van der Waals surface area contributed by atoms with Crippen molar-refractivity contribution in [1.82, 2.24) is 0 Å². The number of rotatable bonds is 0. The first-order valence-electron chi connectivity index (χ1n) is 0.714. The molecule has 6 heteroatoms. The van der Waals surface area contributed by atoms with E-state index in [1.54, 1.807) is 0 Å². The van der Waals surface area contributed by atoms with E-state index < -0.39 is -4.46 Å². The predicted octanol–water partition coefficient (Wildman–Crippen LogP) is 4.43. The maximum absolute atomic E-state index is 2.51. The van der Waals surface area contributed by atoms with E-state index in [0.717, 1.165) is 0 Å². The van der Waals surface area contributed by atoms with Gasteiger partial charge >= 0.3 is 97.3 Å². The van der Waals surface area contributed by atoms with Crippen molar-refractivity contribution in [1.29, 1.82) is 0 Å². The Balaban J connectivity index is 3.73. The number of halogens is 5. The quantitative estimate of drug-likeness (QED) is 0.261. The molecular formula is I5Mn. The van der Waals surface area contributed by atoms with Crippen molar-refractivity contribution in [3.8, 4) is 0 Å². The summed E-state index contributed by atoms with van der Waals surface area (Å²) in [6.07, 6.45) is 0. The van der Waals surface area contributed by atoms with Gasteiger partial charge in [-0.3, -0.25) is 0 Å². The third-order valence-electron chi connectivity index (χ3n) is 0. The fraction of sp³-hybridized carbons (Fsp3) is 0. The van der Waals surface area contributed by atoms with Crippen LogP contribution in [0.3, 0.4) is 0 Å². The summed E-state index contributed by atoms with van der Waals surface area (Å²) >= 11 is 12.6.